The zero-order chi connectivity index (χ0) is 8.43. The van der Waals surface area contributed by atoms with E-state index in [1.807, 2.05) is 0 Å². The van der Waals surface area contributed by atoms with Crippen LogP contribution in [0.1, 0.15) is 0 Å². The molecule has 11 heavy (non-hydrogen) atoms. The summed E-state index contributed by atoms with van der Waals surface area (Å²) in [5.41, 5.74) is 0.0689. The first-order valence-electron chi connectivity index (χ1n) is 2.71. The molecular formula is C6H3Br2NO2. The fourth-order valence-corrected chi connectivity index (χ4v) is 1.40. The van der Waals surface area contributed by atoms with E-state index in [0.29, 0.717) is 8.95 Å². The maximum atomic E-state index is 10.3. The molecule has 0 aliphatic carbocycles. The van der Waals surface area contributed by atoms with Crippen molar-refractivity contribution >= 4 is 37.5 Å². The molecule has 0 heterocycles. The van der Waals surface area contributed by atoms with E-state index in [1.165, 1.54) is 6.07 Å². The highest BCUT2D eigenvalue weighted by atomic mass is 79.9. The number of halogens is 2. The van der Waals surface area contributed by atoms with Gasteiger partial charge < -0.3 is 0 Å². The van der Waals surface area contributed by atoms with Gasteiger partial charge in [-0.25, -0.2) is 0 Å². The van der Waals surface area contributed by atoms with Gasteiger partial charge in [0.1, 0.15) is 4.47 Å². The molecule has 0 unspecified atom stereocenters. The van der Waals surface area contributed by atoms with Gasteiger partial charge in [0.25, 0.3) is 5.69 Å². The summed E-state index contributed by atoms with van der Waals surface area (Å²) in [7, 11) is 0. The van der Waals surface area contributed by atoms with Crippen LogP contribution in [0.4, 0.5) is 5.69 Å². The normalized spacial score (nSPS) is 9.64. The lowest BCUT2D eigenvalue weighted by molar-refractivity contribution is -0.385. The fourth-order valence-electron chi connectivity index (χ4n) is 0.633. The number of nitro benzene ring substituents is 1. The second-order valence-electron chi connectivity index (χ2n) is 1.83. The first-order valence-corrected chi connectivity index (χ1v) is 4.30. The zero-order valence-electron chi connectivity index (χ0n) is 5.25. The van der Waals surface area contributed by atoms with Gasteiger partial charge in [-0.3, -0.25) is 10.1 Å². The van der Waals surface area contributed by atoms with Gasteiger partial charge in [0.15, 0.2) is 0 Å². The Bertz CT molecular complexity index is 301. The molecule has 0 amide bonds. The predicted molar refractivity (Wildman–Crippen MR) is 48.5 cm³/mol. The number of nitro groups is 1. The first-order chi connectivity index (χ1) is 5.13. The van der Waals surface area contributed by atoms with Gasteiger partial charge >= 0.3 is 0 Å². The van der Waals surface area contributed by atoms with Gasteiger partial charge in [-0.1, -0.05) is 6.07 Å². The van der Waals surface area contributed by atoms with Crippen LogP contribution >= 0.6 is 31.9 Å². The highest BCUT2D eigenvalue weighted by Crippen LogP contribution is 2.31. The Kier molecular flexibility index (Phi) is 2.62. The molecule has 0 aliphatic heterocycles. The Morgan fingerprint density at radius 3 is 2.45 bits per heavy atom. The van der Waals surface area contributed by atoms with E-state index in [-0.39, 0.29) is 5.69 Å². The molecule has 0 bridgehead atoms. The topological polar surface area (TPSA) is 43.1 Å². The summed E-state index contributed by atoms with van der Waals surface area (Å²) in [4.78, 5) is 9.89. The van der Waals surface area contributed by atoms with Crippen molar-refractivity contribution in [2.24, 2.45) is 0 Å². The van der Waals surface area contributed by atoms with Crippen LogP contribution in [0.15, 0.2) is 27.1 Å². The van der Waals surface area contributed by atoms with Gasteiger partial charge in [0.05, 0.1) is 4.92 Å². The van der Waals surface area contributed by atoms with E-state index in [4.69, 9.17) is 0 Å². The molecule has 0 radical (unpaired) electrons. The van der Waals surface area contributed by atoms with Crippen LogP contribution in [-0.2, 0) is 0 Å². The van der Waals surface area contributed by atoms with Gasteiger partial charge in [-0.15, -0.1) is 0 Å². The van der Waals surface area contributed by atoms with Crippen LogP contribution in [0, 0.1) is 10.1 Å². The minimum Gasteiger partial charge on any atom is -0.258 e. The van der Waals surface area contributed by atoms with Gasteiger partial charge in [-0.2, -0.15) is 0 Å². The Morgan fingerprint density at radius 1 is 1.36 bits per heavy atom. The van der Waals surface area contributed by atoms with Crippen molar-refractivity contribution in [3.63, 3.8) is 0 Å². The molecule has 1 rings (SSSR count). The second-order valence-corrected chi connectivity index (χ2v) is 3.48. The maximum absolute atomic E-state index is 10.3. The number of hydrogen-bond acceptors (Lipinski definition) is 2. The number of benzene rings is 1. The lowest BCUT2D eigenvalue weighted by atomic mass is 10.3. The lowest BCUT2D eigenvalue weighted by Crippen LogP contribution is -1.88. The summed E-state index contributed by atoms with van der Waals surface area (Å²) < 4.78 is 1.16. The monoisotopic (exact) mass is 279 g/mol. The van der Waals surface area contributed by atoms with Crippen LogP contribution < -0.4 is 0 Å². The molecule has 1 aromatic rings. The quantitative estimate of drug-likeness (QED) is 0.586. The molecule has 5 heteroatoms. The van der Waals surface area contributed by atoms with Crippen molar-refractivity contribution in [1.29, 1.82) is 0 Å². The number of hydrogen-bond donors (Lipinski definition) is 0. The van der Waals surface area contributed by atoms with Crippen LogP contribution in [0.5, 0.6) is 0 Å². The van der Waals surface area contributed by atoms with Crippen molar-refractivity contribution in [3.05, 3.63) is 37.3 Å². The number of rotatable bonds is 1. The van der Waals surface area contributed by atoms with E-state index >= 15 is 0 Å². The average Bonchev–Trinajstić information content (AvgIpc) is 1.94. The largest absolute Gasteiger partial charge is 0.284 e. The Morgan fingerprint density at radius 2 is 2.00 bits per heavy atom. The van der Waals surface area contributed by atoms with Crippen LogP contribution in [0.2, 0.25) is 0 Å². The molecule has 0 atom stereocenters. The van der Waals surface area contributed by atoms with Crippen molar-refractivity contribution < 1.29 is 4.92 Å². The molecule has 0 fully saturated rings. The SMILES string of the molecule is O=[N+]([O-])c1cccc(Br)c1Br. The Balaban J connectivity index is 3.27. The highest BCUT2D eigenvalue weighted by Gasteiger charge is 2.12. The Hall–Kier alpha value is -0.420. The van der Waals surface area contributed by atoms with E-state index < -0.39 is 4.92 Å². The van der Waals surface area contributed by atoms with Crippen molar-refractivity contribution in [2.45, 2.75) is 0 Å². The second kappa shape index (κ2) is 3.32. The molecule has 0 aliphatic rings. The van der Waals surface area contributed by atoms with E-state index in [1.54, 1.807) is 12.1 Å². The van der Waals surface area contributed by atoms with Gasteiger partial charge in [-0.05, 0) is 37.9 Å². The minimum absolute atomic E-state index is 0.0689. The summed E-state index contributed by atoms with van der Waals surface area (Å²) in [6.45, 7) is 0. The summed E-state index contributed by atoms with van der Waals surface area (Å²) >= 11 is 6.26. The minimum atomic E-state index is -0.436. The van der Waals surface area contributed by atoms with Gasteiger partial charge in [0.2, 0.25) is 0 Å². The van der Waals surface area contributed by atoms with E-state index in [0.717, 1.165) is 0 Å². The van der Waals surface area contributed by atoms with Crippen LogP contribution in [-0.4, -0.2) is 4.92 Å². The third kappa shape index (κ3) is 1.78. The zero-order valence-corrected chi connectivity index (χ0v) is 8.42. The van der Waals surface area contributed by atoms with Crippen molar-refractivity contribution in [2.75, 3.05) is 0 Å². The summed E-state index contributed by atoms with van der Waals surface area (Å²) in [5.74, 6) is 0. The fraction of sp³-hybridized carbons (Fsp3) is 0. The standard InChI is InChI=1S/C6H3Br2NO2/c7-4-2-1-3-5(6(4)8)9(10)11/h1-3H. The van der Waals surface area contributed by atoms with Crippen LogP contribution in [0.25, 0.3) is 0 Å². The molecule has 0 aromatic heterocycles. The molecule has 1 aromatic carbocycles. The molecule has 0 saturated carbocycles. The molecule has 0 N–H and O–H groups in total. The lowest BCUT2D eigenvalue weighted by Gasteiger charge is -1.95. The van der Waals surface area contributed by atoms with E-state index in [2.05, 4.69) is 31.9 Å². The smallest absolute Gasteiger partial charge is 0.258 e. The molecule has 0 spiro atoms. The molecule has 58 valence electrons. The van der Waals surface area contributed by atoms with E-state index in [9.17, 15) is 10.1 Å². The summed E-state index contributed by atoms with van der Waals surface area (Å²) in [6.07, 6.45) is 0. The van der Waals surface area contributed by atoms with Crippen molar-refractivity contribution in [3.8, 4) is 0 Å². The third-order valence-electron chi connectivity index (χ3n) is 1.13. The number of nitrogens with zero attached hydrogens (tertiary/aromatic N) is 1. The highest BCUT2D eigenvalue weighted by molar-refractivity contribution is 9.13. The Labute approximate surface area is 79.8 Å². The van der Waals surface area contributed by atoms with Gasteiger partial charge in [0, 0.05) is 10.5 Å². The average molecular weight is 281 g/mol. The molecule has 3 nitrogen and oxygen atoms in total. The predicted octanol–water partition coefficient (Wildman–Crippen LogP) is 3.12. The summed E-state index contributed by atoms with van der Waals surface area (Å²) in [6, 6.07) is 4.79. The third-order valence-corrected chi connectivity index (χ3v) is 3.15. The first kappa shape index (κ1) is 8.67. The maximum Gasteiger partial charge on any atom is 0.284 e. The molecular weight excluding hydrogens is 278 g/mol. The molecule has 0 saturated heterocycles. The van der Waals surface area contributed by atoms with Crippen LogP contribution in [0.3, 0.4) is 0 Å². The summed E-state index contributed by atoms with van der Waals surface area (Å²) in [5, 5.41) is 10.3. The van der Waals surface area contributed by atoms with Crippen molar-refractivity contribution in [1.82, 2.24) is 0 Å².